The third-order valence-electron chi connectivity index (χ3n) is 3.37. The molecule has 0 aromatic carbocycles. The molecule has 0 amide bonds. The molecule has 2 unspecified atom stereocenters. The summed E-state index contributed by atoms with van der Waals surface area (Å²) in [6.07, 6.45) is 7.45. The Bertz CT molecular complexity index is 376. The number of nitrogens with one attached hydrogen (secondary N) is 1. The van der Waals surface area contributed by atoms with Gasteiger partial charge in [-0.05, 0) is 24.5 Å². The number of aliphatic carboxylic acids is 1. The second kappa shape index (κ2) is 9.13. The van der Waals surface area contributed by atoms with Gasteiger partial charge in [-0.25, -0.2) is 0 Å². The number of nitrogens with zero attached hydrogens (tertiary/aromatic N) is 1. The zero-order valence-electron chi connectivity index (χ0n) is 10.6. The number of rotatable bonds is 4. The minimum absolute atomic E-state index is 0. The zero-order chi connectivity index (χ0) is 12.1. The minimum atomic E-state index is -0.673. The first-order valence-corrected chi connectivity index (χ1v) is 6.12. The van der Waals surface area contributed by atoms with Crippen LogP contribution in [0.3, 0.4) is 0 Å². The summed E-state index contributed by atoms with van der Waals surface area (Å²) in [6, 6.07) is 3.99. The lowest BCUT2D eigenvalue weighted by molar-refractivity contribution is -0.143. The third-order valence-corrected chi connectivity index (χ3v) is 3.37. The van der Waals surface area contributed by atoms with Gasteiger partial charge in [0.05, 0.1) is 5.92 Å². The molecule has 1 aromatic rings. The largest absolute Gasteiger partial charge is 0.481 e. The lowest BCUT2D eigenvalue weighted by atomic mass is 9.84. The molecule has 0 bridgehead atoms. The van der Waals surface area contributed by atoms with Crippen LogP contribution in [-0.2, 0) is 11.3 Å². The Morgan fingerprint density at radius 3 is 2.74 bits per heavy atom. The first-order valence-electron chi connectivity index (χ1n) is 6.12. The number of hydrogen-bond donors (Lipinski definition) is 2. The van der Waals surface area contributed by atoms with E-state index in [-0.39, 0.29) is 36.8 Å². The van der Waals surface area contributed by atoms with E-state index in [2.05, 4.69) is 10.3 Å². The van der Waals surface area contributed by atoms with E-state index in [4.69, 9.17) is 5.11 Å². The summed E-state index contributed by atoms with van der Waals surface area (Å²) in [4.78, 5) is 15.2. The van der Waals surface area contributed by atoms with Crippen molar-refractivity contribution in [1.82, 2.24) is 10.3 Å². The number of pyridine rings is 1. The summed E-state index contributed by atoms with van der Waals surface area (Å²) in [7, 11) is 0. The monoisotopic (exact) mass is 306 g/mol. The molecule has 1 saturated carbocycles. The first kappa shape index (κ1) is 18.2. The van der Waals surface area contributed by atoms with Crippen LogP contribution >= 0.6 is 24.8 Å². The summed E-state index contributed by atoms with van der Waals surface area (Å²) in [6.45, 7) is 0.697. The van der Waals surface area contributed by atoms with Crippen molar-refractivity contribution >= 4 is 30.8 Å². The maximum Gasteiger partial charge on any atom is 0.308 e. The van der Waals surface area contributed by atoms with E-state index in [1.807, 2.05) is 18.3 Å². The Hall–Kier alpha value is -0.840. The summed E-state index contributed by atoms with van der Waals surface area (Å²) >= 11 is 0. The molecule has 4 nitrogen and oxygen atoms in total. The number of hydrogen-bond acceptors (Lipinski definition) is 3. The van der Waals surface area contributed by atoms with Crippen LogP contribution in [0.25, 0.3) is 0 Å². The fourth-order valence-corrected chi connectivity index (χ4v) is 2.42. The highest BCUT2D eigenvalue weighted by Crippen LogP contribution is 2.24. The third kappa shape index (κ3) is 5.35. The van der Waals surface area contributed by atoms with Crippen molar-refractivity contribution in [3.05, 3.63) is 30.1 Å². The SMILES string of the molecule is Cl.Cl.O=C(O)C1CCCCC1NCc1cccnc1. The van der Waals surface area contributed by atoms with E-state index in [1.54, 1.807) is 6.20 Å². The van der Waals surface area contributed by atoms with E-state index in [9.17, 15) is 4.79 Å². The lowest BCUT2D eigenvalue weighted by Gasteiger charge is -2.29. The van der Waals surface area contributed by atoms with Gasteiger partial charge in [0.15, 0.2) is 0 Å². The highest BCUT2D eigenvalue weighted by Gasteiger charge is 2.30. The van der Waals surface area contributed by atoms with E-state index in [1.165, 1.54) is 0 Å². The zero-order valence-corrected chi connectivity index (χ0v) is 12.3. The Kier molecular flexibility index (Phi) is 8.72. The van der Waals surface area contributed by atoms with Gasteiger partial charge in [-0.15, -0.1) is 24.8 Å². The molecule has 1 aromatic heterocycles. The molecular weight excluding hydrogens is 287 g/mol. The fraction of sp³-hybridized carbons (Fsp3) is 0.538. The molecule has 19 heavy (non-hydrogen) atoms. The van der Waals surface area contributed by atoms with Gasteiger partial charge in [0, 0.05) is 25.0 Å². The van der Waals surface area contributed by atoms with Gasteiger partial charge in [0.2, 0.25) is 0 Å². The Morgan fingerprint density at radius 1 is 1.37 bits per heavy atom. The van der Waals surface area contributed by atoms with E-state index in [0.717, 1.165) is 31.2 Å². The van der Waals surface area contributed by atoms with Gasteiger partial charge in [0.25, 0.3) is 0 Å². The Morgan fingerprint density at radius 2 is 2.11 bits per heavy atom. The van der Waals surface area contributed by atoms with Crippen LogP contribution in [0.4, 0.5) is 0 Å². The Balaban J connectivity index is 0.00000162. The van der Waals surface area contributed by atoms with Gasteiger partial charge in [0.1, 0.15) is 0 Å². The summed E-state index contributed by atoms with van der Waals surface area (Å²) in [5, 5.41) is 12.5. The molecule has 1 heterocycles. The molecule has 0 aliphatic heterocycles. The number of aromatic nitrogens is 1. The van der Waals surface area contributed by atoms with Crippen LogP contribution in [0.5, 0.6) is 0 Å². The van der Waals surface area contributed by atoms with Gasteiger partial charge >= 0.3 is 5.97 Å². The Labute approximate surface area is 125 Å². The lowest BCUT2D eigenvalue weighted by Crippen LogP contribution is -2.41. The van der Waals surface area contributed by atoms with Crippen LogP contribution in [0.1, 0.15) is 31.2 Å². The normalized spacial score (nSPS) is 21.9. The molecule has 1 aliphatic carbocycles. The number of carbonyl (C=O) groups is 1. The molecule has 2 rings (SSSR count). The average molecular weight is 307 g/mol. The predicted molar refractivity (Wildman–Crippen MR) is 79.0 cm³/mol. The molecule has 0 radical (unpaired) electrons. The minimum Gasteiger partial charge on any atom is -0.481 e. The van der Waals surface area contributed by atoms with Gasteiger partial charge in [-0.2, -0.15) is 0 Å². The maximum absolute atomic E-state index is 11.1. The highest BCUT2D eigenvalue weighted by atomic mass is 35.5. The summed E-state index contributed by atoms with van der Waals surface area (Å²) < 4.78 is 0. The van der Waals surface area contributed by atoms with Crippen LogP contribution < -0.4 is 5.32 Å². The molecule has 0 saturated heterocycles. The molecule has 6 heteroatoms. The van der Waals surface area contributed by atoms with Gasteiger partial charge < -0.3 is 10.4 Å². The van der Waals surface area contributed by atoms with Gasteiger partial charge in [-0.1, -0.05) is 18.9 Å². The van der Waals surface area contributed by atoms with Crippen molar-refractivity contribution in [3.63, 3.8) is 0 Å². The quantitative estimate of drug-likeness (QED) is 0.898. The van der Waals surface area contributed by atoms with Gasteiger partial charge in [-0.3, -0.25) is 9.78 Å². The maximum atomic E-state index is 11.1. The predicted octanol–water partition coefficient (Wildman–Crippen LogP) is 2.66. The summed E-state index contributed by atoms with van der Waals surface area (Å²) in [5.41, 5.74) is 1.10. The number of halogens is 2. The van der Waals surface area contributed by atoms with E-state index < -0.39 is 5.97 Å². The van der Waals surface area contributed by atoms with Crippen molar-refractivity contribution in [3.8, 4) is 0 Å². The van der Waals surface area contributed by atoms with Crippen molar-refractivity contribution < 1.29 is 9.90 Å². The fourth-order valence-electron chi connectivity index (χ4n) is 2.42. The topological polar surface area (TPSA) is 62.2 Å². The molecular formula is C13H20Cl2N2O2. The summed E-state index contributed by atoms with van der Waals surface area (Å²) in [5.74, 6) is -0.909. The number of carboxylic acids is 1. The van der Waals surface area contributed by atoms with Crippen molar-refractivity contribution in [2.24, 2.45) is 5.92 Å². The molecule has 0 spiro atoms. The van der Waals surface area contributed by atoms with Crippen LogP contribution in [0, 0.1) is 5.92 Å². The van der Waals surface area contributed by atoms with E-state index in [0.29, 0.717) is 6.54 Å². The molecule has 1 fully saturated rings. The standard InChI is InChI=1S/C13H18N2O2.2ClH/c16-13(17)11-5-1-2-6-12(11)15-9-10-4-3-7-14-8-10;;/h3-4,7-8,11-12,15H,1-2,5-6,9H2,(H,16,17);2*1H. The molecule has 108 valence electrons. The second-order valence-electron chi connectivity index (χ2n) is 4.58. The van der Waals surface area contributed by atoms with Crippen LogP contribution in [0.15, 0.2) is 24.5 Å². The number of carboxylic acid groups (broad SMARTS) is 1. The highest BCUT2D eigenvalue weighted by molar-refractivity contribution is 5.85. The van der Waals surface area contributed by atoms with Crippen molar-refractivity contribution in [1.29, 1.82) is 0 Å². The molecule has 2 N–H and O–H groups in total. The molecule has 1 aliphatic rings. The second-order valence-corrected chi connectivity index (χ2v) is 4.58. The van der Waals surface area contributed by atoms with Crippen molar-refractivity contribution in [2.45, 2.75) is 38.3 Å². The first-order chi connectivity index (χ1) is 8.27. The van der Waals surface area contributed by atoms with Crippen LogP contribution in [0.2, 0.25) is 0 Å². The average Bonchev–Trinajstić information content (AvgIpc) is 2.38. The van der Waals surface area contributed by atoms with Crippen LogP contribution in [-0.4, -0.2) is 22.1 Å². The molecule has 2 atom stereocenters. The smallest absolute Gasteiger partial charge is 0.308 e. The van der Waals surface area contributed by atoms with Crippen molar-refractivity contribution in [2.75, 3.05) is 0 Å². The van der Waals surface area contributed by atoms with E-state index >= 15 is 0 Å².